The minimum Gasteiger partial charge on any atom is -0.481 e. The normalized spacial score (nSPS) is 9.70. The Morgan fingerprint density at radius 2 is 1.80 bits per heavy atom. The van der Waals surface area contributed by atoms with Gasteiger partial charge in [-0.05, 0) is 12.8 Å². The van der Waals surface area contributed by atoms with Crippen molar-refractivity contribution in [1.29, 1.82) is 0 Å². The molecule has 3 heteroatoms. The minimum absolute atomic E-state index is 0.276. The summed E-state index contributed by atoms with van der Waals surface area (Å²) in [5, 5.41) is 8.23. The third-order valence-corrected chi connectivity index (χ3v) is 1.32. The maximum absolute atomic E-state index is 9.99. The molecule has 0 aromatic rings. The third-order valence-electron chi connectivity index (χ3n) is 1.32. The van der Waals surface area contributed by atoms with Gasteiger partial charge in [-0.2, -0.15) is 0 Å². The molecule has 0 bridgehead atoms. The summed E-state index contributed by atoms with van der Waals surface area (Å²) < 4.78 is 0. The first kappa shape index (κ1) is 9.43. The highest BCUT2D eigenvalue weighted by Gasteiger charge is 1.94. The van der Waals surface area contributed by atoms with E-state index in [1.807, 2.05) is 0 Å². The lowest BCUT2D eigenvalue weighted by atomic mass is 10.1. The fourth-order valence-electron chi connectivity index (χ4n) is 0.755. The predicted octanol–water partition coefficient (Wildman–Crippen LogP) is 1.30. The summed E-state index contributed by atoms with van der Waals surface area (Å²) >= 11 is 0. The van der Waals surface area contributed by atoms with Gasteiger partial charge in [0.1, 0.15) is 0 Å². The number of nitrogens with one attached hydrogen (secondary N) is 1. The average Bonchev–Trinajstić information content (AvgIpc) is 1.87. The minimum atomic E-state index is -0.717. The number of hydrogen-bond donors (Lipinski definition) is 1. The molecule has 3 nitrogen and oxygen atoms in total. The van der Waals surface area contributed by atoms with Gasteiger partial charge in [0.05, 0.1) is 0 Å². The summed E-state index contributed by atoms with van der Waals surface area (Å²) in [6, 6.07) is 0. The van der Waals surface area contributed by atoms with Crippen LogP contribution in [0, 0.1) is 0 Å². The van der Waals surface area contributed by atoms with Crippen LogP contribution in [0.25, 0.3) is 0 Å². The van der Waals surface area contributed by atoms with Crippen molar-refractivity contribution in [3.63, 3.8) is 0 Å². The molecule has 0 aliphatic carbocycles. The molecular weight excluding hydrogens is 130 g/mol. The zero-order valence-corrected chi connectivity index (χ0v) is 6.10. The fraction of sp³-hybridized carbons (Fsp3) is 0.857. The fourth-order valence-corrected chi connectivity index (χ4v) is 0.755. The molecule has 0 saturated carbocycles. The Labute approximate surface area is 61.2 Å². The van der Waals surface area contributed by atoms with Crippen LogP contribution in [0.1, 0.15) is 32.1 Å². The molecule has 0 fully saturated rings. The zero-order valence-electron chi connectivity index (χ0n) is 6.10. The van der Waals surface area contributed by atoms with Crippen LogP contribution in [0.5, 0.6) is 0 Å². The van der Waals surface area contributed by atoms with Crippen molar-refractivity contribution in [1.82, 2.24) is 5.73 Å². The van der Waals surface area contributed by atoms with Crippen molar-refractivity contribution in [2.24, 2.45) is 0 Å². The van der Waals surface area contributed by atoms with Crippen LogP contribution < -0.4 is 5.73 Å². The predicted molar refractivity (Wildman–Crippen MR) is 38.7 cm³/mol. The smallest absolute Gasteiger partial charge is 0.303 e. The summed E-state index contributed by atoms with van der Waals surface area (Å²) in [5.41, 5.74) is 6.81. The molecule has 0 spiro atoms. The van der Waals surface area contributed by atoms with E-state index >= 15 is 0 Å². The number of unbranched alkanes of at least 4 members (excludes halogenated alkanes) is 3. The molecule has 0 rings (SSSR count). The zero-order chi connectivity index (χ0) is 7.82. The van der Waals surface area contributed by atoms with Crippen LogP contribution in [-0.4, -0.2) is 17.6 Å². The van der Waals surface area contributed by atoms with E-state index in [0.717, 1.165) is 25.7 Å². The van der Waals surface area contributed by atoms with Crippen LogP contribution in [0.2, 0.25) is 0 Å². The number of hydrogen-bond acceptors (Lipinski definition) is 1. The average molecular weight is 144 g/mol. The second kappa shape index (κ2) is 6.55. The van der Waals surface area contributed by atoms with Gasteiger partial charge < -0.3 is 5.11 Å². The molecule has 0 aromatic carbocycles. The van der Waals surface area contributed by atoms with Gasteiger partial charge in [-0.1, -0.05) is 12.8 Å². The quantitative estimate of drug-likeness (QED) is 0.571. The Morgan fingerprint density at radius 1 is 1.20 bits per heavy atom. The first-order chi connectivity index (χ1) is 4.77. The first-order valence-electron chi connectivity index (χ1n) is 3.63. The molecule has 1 radical (unpaired) electrons. The molecule has 0 unspecified atom stereocenters. The standard InChI is InChI=1S/C7H14NO2/c8-6-4-2-1-3-5-7(9)10/h8H,1-6H2,(H,9,10). The van der Waals surface area contributed by atoms with Gasteiger partial charge in [-0.3, -0.25) is 10.5 Å². The number of carbonyl (C=O) groups is 1. The van der Waals surface area contributed by atoms with E-state index in [-0.39, 0.29) is 6.42 Å². The van der Waals surface area contributed by atoms with Crippen LogP contribution in [0.3, 0.4) is 0 Å². The summed E-state index contributed by atoms with van der Waals surface area (Å²) in [5.74, 6) is -0.717. The van der Waals surface area contributed by atoms with Crippen LogP contribution in [0.4, 0.5) is 0 Å². The molecule has 59 valence electrons. The van der Waals surface area contributed by atoms with Crippen molar-refractivity contribution in [2.75, 3.05) is 6.54 Å². The van der Waals surface area contributed by atoms with Gasteiger partial charge in [0.2, 0.25) is 0 Å². The van der Waals surface area contributed by atoms with Crippen molar-refractivity contribution in [3.8, 4) is 0 Å². The van der Waals surface area contributed by atoms with E-state index in [4.69, 9.17) is 10.8 Å². The Balaban J connectivity index is 2.84. The maximum atomic E-state index is 9.99. The highest BCUT2D eigenvalue weighted by molar-refractivity contribution is 5.66. The summed E-state index contributed by atoms with van der Waals surface area (Å²) in [6.07, 6.45) is 3.88. The lowest BCUT2D eigenvalue weighted by molar-refractivity contribution is -0.137. The van der Waals surface area contributed by atoms with Crippen molar-refractivity contribution in [2.45, 2.75) is 32.1 Å². The molecular formula is C7H14NO2. The number of rotatable bonds is 6. The summed E-state index contributed by atoms with van der Waals surface area (Å²) in [4.78, 5) is 9.99. The van der Waals surface area contributed by atoms with E-state index in [1.165, 1.54) is 0 Å². The molecule has 2 N–H and O–H groups in total. The Morgan fingerprint density at radius 3 is 2.30 bits per heavy atom. The molecule has 10 heavy (non-hydrogen) atoms. The third kappa shape index (κ3) is 7.43. The van der Waals surface area contributed by atoms with Gasteiger partial charge in [0, 0.05) is 13.0 Å². The molecule has 0 heterocycles. The lowest BCUT2D eigenvalue weighted by Crippen LogP contribution is -1.94. The number of carboxylic acid groups (broad SMARTS) is 1. The highest BCUT2D eigenvalue weighted by atomic mass is 16.4. The second-order valence-corrected chi connectivity index (χ2v) is 2.31. The molecule has 0 aliphatic heterocycles. The number of aliphatic carboxylic acids is 1. The van der Waals surface area contributed by atoms with Crippen molar-refractivity contribution >= 4 is 5.97 Å². The van der Waals surface area contributed by atoms with Crippen LogP contribution in [-0.2, 0) is 4.79 Å². The van der Waals surface area contributed by atoms with Crippen LogP contribution in [0.15, 0.2) is 0 Å². The lowest BCUT2D eigenvalue weighted by Gasteiger charge is -1.94. The van der Waals surface area contributed by atoms with Gasteiger partial charge in [-0.15, -0.1) is 0 Å². The maximum Gasteiger partial charge on any atom is 0.303 e. The Kier molecular flexibility index (Phi) is 6.18. The largest absolute Gasteiger partial charge is 0.481 e. The number of carboxylic acids is 1. The summed E-state index contributed by atoms with van der Waals surface area (Å²) in [7, 11) is 0. The van der Waals surface area contributed by atoms with Gasteiger partial charge in [0.25, 0.3) is 0 Å². The summed E-state index contributed by atoms with van der Waals surface area (Å²) in [6.45, 7) is 0.465. The molecule has 0 atom stereocenters. The first-order valence-corrected chi connectivity index (χ1v) is 3.63. The van der Waals surface area contributed by atoms with E-state index in [2.05, 4.69) is 0 Å². The Bertz CT molecular complexity index is 93.6. The van der Waals surface area contributed by atoms with E-state index in [9.17, 15) is 4.79 Å². The molecule has 0 saturated heterocycles. The van der Waals surface area contributed by atoms with Gasteiger partial charge >= 0.3 is 5.97 Å². The van der Waals surface area contributed by atoms with Crippen molar-refractivity contribution < 1.29 is 9.90 Å². The van der Waals surface area contributed by atoms with E-state index < -0.39 is 5.97 Å². The molecule has 0 amide bonds. The monoisotopic (exact) mass is 144 g/mol. The second-order valence-electron chi connectivity index (χ2n) is 2.31. The SMILES string of the molecule is [NH]CCCCCCC(=O)O. The molecule has 0 aromatic heterocycles. The topological polar surface area (TPSA) is 61.1 Å². The van der Waals surface area contributed by atoms with Crippen LogP contribution >= 0.6 is 0 Å². The van der Waals surface area contributed by atoms with Gasteiger partial charge in [0.15, 0.2) is 0 Å². The van der Waals surface area contributed by atoms with Crippen molar-refractivity contribution in [3.05, 3.63) is 0 Å². The van der Waals surface area contributed by atoms with Gasteiger partial charge in [-0.25, -0.2) is 0 Å². The van der Waals surface area contributed by atoms with E-state index in [0.29, 0.717) is 6.54 Å². The molecule has 0 aliphatic rings. The Hall–Kier alpha value is -0.570. The highest BCUT2D eigenvalue weighted by Crippen LogP contribution is 2.01. The van der Waals surface area contributed by atoms with E-state index in [1.54, 1.807) is 0 Å².